The largest absolute Gasteiger partial charge is 0.496 e. The van der Waals surface area contributed by atoms with Crippen LogP contribution in [-0.4, -0.2) is 18.2 Å². The topological polar surface area (TPSA) is 46.5 Å². The molecule has 1 atom stereocenters. The zero-order valence-electron chi connectivity index (χ0n) is 12.3. The Morgan fingerprint density at radius 3 is 2.64 bits per heavy atom. The molecule has 116 valence electrons. The number of carbonyl (C=O) groups is 1. The van der Waals surface area contributed by atoms with Gasteiger partial charge in [0.25, 0.3) is 0 Å². The number of methoxy groups -OCH3 is 1. The van der Waals surface area contributed by atoms with Gasteiger partial charge in [-0.3, -0.25) is 4.79 Å². The molecule has 0 heterocycles. The normalized spacial score (nSPS) is 12.0. The number of hydrogen-bond acceptors (Lipinski definition) is 2. The molecule has 0 fully saturated rings. The van der Waals surface area contributed by atoms with Crippen LogP contribution in [0.4, 0.5) is 0 Å². The van der Waals surface area contributed by atoms with Crippen LogP contribution in [-0.2, 0) is 11.2 Å². The van der Waals surface area contributed by atoms with Gasteiger partial charge in [-0.25, -0.2) is 0 Å². The summed E-state index contributed by atoms with van der Waals surface area (Å²) < 4.78 is 5.30. The summed E-state index contributed by atoms with van der Waals surface area (Å²) in [5.74, 6) is -1.14. The molecule has 0 spiro atoms. The Morgan fingerprint density at radius 2 is 2.00 bits per heavy atom. The average molecular weight is 339 g/mol. The molecule has 0 saturated carbocycles. The van der Waals surface area contributed by atoms with Gasteiger partial charge in [0.15, 0.2) is 0 Å². The fourth-order valence-corrected chi connectivity index (χ4v) is 2.78. The molecular formula is C17H16Cl2O3. The number of benzene rings is 2. The first-order valence-corrected chi connectivity index (χ1v) is 7.50. The van der Waals surface area contributed by atoms with Crippen molar-refractivity contribution in [2.75, 3.05) is 7.11 Å². The van der Waals surface area contributed by atoms with Crippen LogP contribution in [0.2, 0.25) is 10.0 Å². The molecule has 1 N–H and O–H groups in total. The van der Waals surface area contributed by atoms with Gasteiger partial charge in [0.1, 0.15) is 5.75 Å². The zero-order valence-corrected chi connectivity index (χ0v) is 13.8. The Balaban J connectivity index is 2.46. The quantitative estimate of drug-likeness (QED) is 0.857. The first-order valence-electron chi connectivity index (χ1n) is 6.74. The Kier molecular flexibility index (Phi) is 5.33. The fraction of sp³-hybridized carbons (Fsp3) is 0.235. The Morgan fingerprint density at radius 1 is 1.27 bits per heavy atom. The van der Waals surface area contributed by atoms with E-state index >= 15 is 0 Å². The van der Waals surface area contributed by atoms with Gasteiger partial charge in [-0.05, 0) is 31.0 Å². The van der Waals surface area contributed by atoms with Gasteiger partial charge in [-0.15, -0.1) is 0 Å². The van der Waals surface area contributed by atoms with Crippen LogP contribution in [0.3, 0.4) is 0 Å². The number of carboxylic acids is 1. The van der Waals surface area contributed by atoms with Gasteiger partial charge >= 0.3 is 5.97 Å². The van der Waals surface area contributed by atoms with Crippen LogP contribution < -0.4 is 4.74 Å². The predicted octanol–water partition coefficient (Wildman–Crippen LogP) is 4.72. The van der Waals surface area contributed by atoms with E-state index in [-0.39, 0.29) is 6.42 Å². The van der Waals surface area contributed by atoms with Crippen LogP contribution in [0.25, 0.3) is 0 Å². The molecule has 0 amide bonds. The second-order valence-electron chi connectivity index (χ2n) is 5.05. The maximum absolute atomic E-state index is 11.7. The minimum Gasteiger partial charge on any atom is -0.496 e. The number of rotatable bonds is 5. The number of ether oxygens (including phenoxy) is 1. The predicted molar refractivity (Wildman–Crippen MR) is 88.3 cm³/mol. The van der Waals surface area contributed by atoms with E-state index in [0.717, 1.165) is 5.56 Å². The summed E-state index contributed by atoms with van der Waals surface area (Å²) in [5, 5.41) is 10.4. The molecule has 0 radical (unpaired) electrons. The van der Waals surface area contributed by atoms with Gasteiger partial charge in [0, 0.05) is 5.56 Å². The molecule has 2 aromatic carbocycles. The molecule has 0 aromatic heterocycles. The summed E-state index contributed by atoms with van der Waals surface area (Å²) >= 11 is 12.2. The van der Waals surface area contributed by atoms with Crippen molar-refractivity contribution in [1.29, 1.82) is 0 Å². The first-order chi connectivity index (χ1) is 10.4. The van der Waals surface area contributed by atoms with E-state index in [1.165, 1.54) is 7.11 Å². The molecule has 2 rings (SSSR count). The third-order valence-corrected chi connectivity index (χ3v) is 4.37. The van der Waals surface area contributed by atoms with Crippen molar-refractivity contribution < 1.29 is 14.6 Å². The lowest BCUT2D eigenvalue weighted by molar-refractivity contribution is -0.138. The van der Waals surface area contributed by atoms with Gasteiger partial charge < -0.3 is 9.84 Å². The highest BCUT2D eigenvalue weighted by Gasteiger charge is 2.25. The maximum Gasteiger partial charge on any atom is 0.311 e. The summed E-state index contributed by atoms with van der Waals surface area (Å²) in [6.45, 7) is 1.91. The Bertz CT molecular complexity index is 698. The van der Waals surface area contributed by atoms with Crippen molar-refractivity contribution in [3.05, 3.63) is 63.1 Å². The summed E-state index contributed by atoms with van der Waals surface area (Å²) in [5.41, 5.74) is 2.30. The summed E-state index contributed by atoms with van der Waals surface area (Å²) in [7, 11) is 1.53. The molecule has 0 aliphatic carbocycles. The molecule has 22 heavy (non-hydrogen) atoms. The molecule has 0 saturated heterocycles. The highest BCUT2D eigenvalue weighted by molar-refractivity contribution is 6.42. The van der Waals surface area contributed by atoms with Crippen molar-refractivity contribution in [3.8, 4) is 5.75 Å². The van der Waals surface area contributed by atoms with Crippen LogP contribution in [0.1, 0.15) is 22.6 Å². The average Bonchev–Trinajstić information content (AvgIpc) is 2.48. The standard InChI is InChI=1S/C17H16Cl2O3/c1-10-6-7-15(22-2)12(8-10)13(17(20)21)9-11-4-3-5-14(18)16(11)19/h3-8,13H,9H2,1-2H3,(H,20,21). The van der Waals surface area contributed by atoms with E-state index in [0.29, 0.717) is 26.9 Å². The lowest BCUT2D eigenvalue weighted by Crippen LogP contribution is -2.16. The van der Waals surface area contributed by atoms with Crippen LogP contribution in [0.15, 0.2) is 36.4 Å². The highest BCUT2D eigenvalue weighted by atomic mass is 35.5. The van der Waals surface area contributed by atoms with Gasteiger partial charge in [0.2, 0.25) is 0 Å². The Labute approximate surface area is 139 Å². The van der Waals surface area contributed by atoms with Crippen molar-refractivity contribution in [1.82, 2.24) is 0 Å². The number of halogens is 2. The molecular weight excluding hydrogens is 323 g/mol. The third kappa shape index (κ3) is 3.54. The van der Waals surface area contributed by atoms with E-state index in [4.69, 9.17) is 27.9 Å². The van der Waals surface area contributed by atoms with Crippen LogP contribution in [0.5, 0.6) is 5.75 Å². The van der Waals surface area contributed by atoms with E-state index in [1.807, 2.05) is 19.1 Å². The number of hydrogen-bond donors (Lipinski definition) is 1. The van der Waals surface area contributed by atoms with Crippen molar-refractivity contribution in [2.24, 2.45) is 0 Å². The number of aliphatic carboxylic acids is 1. The van der Waals surface area contributed by atoms with E-state index in [2.05, 4.69) is 0 Å². The van der Waals surface area contributed by atoms with Gasteiger partial charge in [0.05, 0.1) is 23.1 Å². The molecule has 3 nitrogen and oxygen atoms in total. The summed E-state index contributed by atoms with van der Waals surface area (Å²) in [6, 6.07) is 10.7. The maximum atomic E-state index is 11.7. The second-order valence-corrected chi connectivity index (χ2v) is 5.84. The smallest absolute Gasteiger partial charge is 0.311 e. The lowest BCUT2D eigenvalue weighted by atomic mass is 9.90. The van der Waals surface area contributed by atoms with Crippen molar-refractivity contribution in [3.63, 3.8) is 0 Å². The minimum absolute atomic E-state index is 0.245. The van der Waals surface area contributed by atoms with Crippen LogP contribution >= 0.6 is 23.2 Å². The van der Waals surface area contributed by atoms with Gasteiger partial charge in [-0.2, -0.15) is 0 Å². The molecule has 0 bridgehead atoms. The monoisotopic (exact) mass is 338 g/mol. The Hall–Kier alpha value is -1.71. The van der Waals surface area contributed by atoms with Crippen molar-refractivity contribution >= 4 is 29.2 Å². The number of aryl methyl sites for hydroxylation is 1. The molecule has 1 unspecified atom stereocenters. The lowest BCUT2D eigenvalue weighted by Gasteiger charge is -2.18. The fourth-order valence-electron chi connectivity index (χ4n) is 2.38. The molecule has 0 aliphatic rings. The van der Waals surface area contributed by atoms with Crippen LogP contribution in [0, 0.1) is 6.92 Å². The minimum atomic E-state index is -0.931. The highest BCUT2D eigenvalue weighted by Crippen LogP contribution is 2.34. The molecule has 0 aliphatic heterocycles. The zero-order chi connectivity index (χ0) is 16.3. The molecule has 5 heteroatoms. The van der Waals surface area contributed by atoms with Gasteiger partial charge in [-0.1, -0.05) is 53.0 Å². The van der Waals surface area contributed by atoms with E-state index < -0.39 is 11.9 Å². The number of carboxylic acid groups (broad SMARTS) is 1. The van der Waals surface area contributed by atoms with E-state index in [1.54, 1.807) is 24.3 Å². The SMILES string of the molecule is COc1ccc(C)cc1C(Cc1cccc(Cl)c1Cl)C(=O)O. The van der Waals surface area contributed by atoms with E-state index in [9.17, 15) is 9.90 Å². The third-order valence-electron chi connectivity index (χ3n) is 3.51. The summed E-state index contributed by atoms with van der Waals surface area (Å²) in [6.07, 6.45) is 0.245. The second kappa shape index (κ2) is 7.03. The molecule has 2 aromatic rings. The van der Waals surface area contributed by atoms with Crippen molar-refractivity contribution in [2.45, 2.75) is 19.3 Å². The first kappa shape index (κ1) is 16.7. The summed E-state index contributed by atoms with van der Waals surface area (Å²) in [4.78, 5) is 11.7.